The largest absolute Gasteiger partial charge is 0.324 e. The zero-order valence-corrected chi connectivity index (χ0v) is 14.2. The Labute approximate surface area is 141 Å². The molecule has 3 heterocycles. The second-order valence-electron chi connectivity index (χ2n) is 5.34. The van der Waals surface area contributed by atoms with Gasteiger partial charge in [0.1, 0.15) is 0 Å². The first-order chi connectivity index (χ1) is 11.1. The van der Waals surface area contributed by atoms with Gasteiger partial charge in [0.2, 0.25) is 5.91 Å². The van der Waals surface area contributed by atoms with Gasteiger partial charge in [-0.2, -0.15) is 0 Å². The highest BCUT2D eigenvalue weighted by molar-refractivity contribution is 7.14. The smallest absolute Gasteiger partial charge is 0.323 e. The Morgan fingerprint density at radius 1 is 1.30 bits per heavy atom. The predicted molar refractivity (Wildman–Crippen MR) is 90.9 cm³/mol. The molecule has 0 bridgehead atoms. The Morgan fingerprint density at radius 3 is 2.87 bits per heavy atom. The lowest BCUT2D eigenvalue weighted by Gasteiger charge is -2.31. The lowest BCUT2D eigenvalue weighted by atomic mass is 9.97. The van der Waals surface area contributed by atoms with Crippen LogP contribution in [0.2, 0.25) is 0 Å². The zero-order valence-electron chi connectivity index (χ0n) is 12.6. The van der Waals surface area contributed by atoms with Crippen LogP contribution in [0, 0.1) is 12.8 Å². The number of thiazole rings is 2. The van der Waals surface area contributed by atoms with Crippen LogP contribution in [-0.2, 0) is 4.79 Å². The number of hydrogen-bond acceptors (Lipinski definition) is 6. The number of urea groups is 1. The molecule has 0 spiro atoms. The van der Waals surface area contributed by atoms with Crippen molar-refractivity contribution in [2.45, 2.75) is 19.8 Å². The summed E-state index contributed by atoms with van der Waals surface area (Å²) in [5, 5.41) is 10.5. The number of nitrogens with zero attached hydrogens (tertiary/aromatic N) is 3. The van der Waals surface area contributed by atoms with Crippen molar-refractivity contribution in [1.29, 1.82) is 0 Å². The summed E-state index contributed by atoms with van der Waals surface area (Å²) < 4.78 is 0. The molecule has 2 N–H and O–H groups in total. The van der Waals surface area contributed by atoms with Gasteiger partial charge in [-0.3, -0.25) is 10.1 Å². The average Bonchev–Trinajstić information content (AvgIpc) is 3.19. The zero-order chi connectivity index (χ0) is 16.2. The lowest BCUT2D eigenvalue weighted by molar-refractivity contribution is -0.121. The molecule has 7 nitrogen and oxygen atoms in total. The molecular formula is C14H17N5O2S2. The molecule has 0 unspecified atom stereocenters. The summed E-state index contributed by atoms with van der Waals surface area (Å²) in [6.07, 6.45) is 3.22. The number of likely N-dealkylation sites (tertiary alicyclic amines) is 1. The maximum Gasteiger partial charge on any atom is 0.323 e. The van der Waals surface area contributed by atoms with Crippen LogP contribution in [-0.4, -0.2) is 39.9 Å². The number of nitrogens with one attached hydrogen (secondary N) is 2. The second kappa shape index (κ2) is 7.05. The summed E-state index contributed by atoms with van der Waals surface area (Å²) in [7, 11) is 0. The fraction of sp³-hybridized carbons (Fsp3) is 0.429. The molecule has 1 atom stereocenters. The van der Waals surface area contributed by atoms with Crippen LogP contribution in [0.1, 0.15) is 18.5 Å². The number of carbonyl (C=O) groups is 2. The summed E-state index contributed by atoms with van der Waals surface area (Å²) >= 11 is 2.78. The van der Waals surface area contributed by atoms with Crippen molar-refractivity contribution in [3.8, 4) is 0 Å². The number of aryl methyl sites for hydroxylation is 1. The molecule has 1 fully saturated rings. The molecule has 1 aliphatic rings. The van der Waals surface area contributed by atoms with Crippen molar-refractivity contribution in [2.75, 3.05) is 23.7 Å². The van der Waals surface area contributed by atoms with Crippen molar-refractivity contribution in [3.63, 3.8) is 0 Å². The third kappa shape index (κ3) is 4.05. The summed E-state index contributed by atoms with van der Waals surface area (Å²) in [4.78, 5) is 34.5. The van der Waals surface area contributed by atoms with Crippen molar-refractivity contribution in [3.05, 3.63) is 22.7 Å². The van der Waals surface area contributed by atoms with Gasteiger partial charge < -0.3 is 10.2 Å². The number of piperidine rings is 1. The monoisotopic (exact) mass is 351 g/mol. The van der Waals surface area contributed by atoms with Gasteiger partial charge in [-0.25, -0.2) is 14.8 Å². The molecule has 0 aromatic carbocycles. The molecule has 2 aromatic rings. The number of aromatic nitrogens is 2. The van der Waals surface area contributed by atoms with Crippen LogP contribution < -0.4 is 10.6 Å². The van der Waals surface area contributed by atoms with Crippen molar-refractivity contribution < 1.29 is 9.59 Å². The van der Waals surface area contributed by atoms with Gasteiger partial charge in [0.05, 0.1) is 11.6 Å². The summed E-state index contributed by atoms with van der Waals surface area (Å²) in [6.45, 7) is 2.95. The van der Waals surface area contributed by atoms with Gasteiger partial charge in [-0.05, 0) is 19.8 Å². The Balaban J connectivity index is 1.56. The van der Waals surface area contributed by atoms with E-state index in [-0.39, 0.29) is 17.9 Å². The Hall–Kier alpha value is -2.00. The van der Waals surface area contributed by atoms with E-state index in [0.717, 1.165) is 18.5 Å². The molecular weight excluding hydrogens is 334 g/mol. The maximum atomic E-state index is 12.3. The summed E-state index contributed by atoms with van der Waals surface area (Å²) in [5.74, 6) is -0.291. The molecule has 2 aromatic heterocycles. The van der Waals surface area contributed by atoms with Crippen LogP contribution in [0.5, 0.6) is 0 Å². The molecule has 9 heteroatoms. The third-order valence-corrected chi connectivity index (χ3v) is 5.14. The van der Waals surface area contributed by atoms with E-state index in [2.05, 4.69) is 20.6 Å². The van der Waals surface area contributed by atoms with Crippen LogP contribution in [0.4, 0.5) is 15.1 Å². The molecule has 3 amide bonds. The first-order valence-corrected chi connectivity index (χ1v) is 9.06. The van der Waals surface area contributed by atoms with Crippen molar-refractivity contribution in [1.82, 2.24) is 14.9 Å². The van der Waals surface area contributed by atoms with E-state index in [4.69, 9.17) is 0 Å². The van der Waals surface area contributed by atoms with Crippen LogP contribution >= 0.6 is 22.7 Å². The number of hydrogen-bond donors (Lipinski definition) is 2. The number of anilines is 2. The highest BCUT2D eigenvalue weighted by Gasteiger charge is 2.29. The van der Waals surface area contributed by atoms with Crippen molar-refractivity contribution in [2.24, 2.45) is 5.92 Å². The number of rotatable bonds is 3. The minimum absolute atomic E-state index is 0.0777. The van der Waals surface area contributed by atoms with Gasteiger partial charge >= 0.3 is 6.03 Å². The molecule has 0 radical (unpaired) electrons. The molecule has 1 aliphatic heterocycles. The Morgan fingerprint density at radius 2 is 2.17 bits per heavy atom. The van der Waals surface area contributed by atoms with E-state index in [9.17, 15) is 9.59 Å². The highest BCUT2D eigenvalue weighted by atomic mass is 32.1. The summed E-state index contributed by atoms with van der Waals surface area (Å²) in [5.41, 5.74) is 0.887. The molecule has 23 heavy (non-hydrogen) atoms. The fourth-order valence-electron chi connectivity index (χ4n) is 2.45. The minimum atomic E-state index is -0.213. The standard InChI is InChI=1S/C14H17N5O2S2/c1-9-8-23-13(16-9)17-11(20)10-3-2-5-19(7-10)14(21)18-12-15-4-6-22-12/h4,6,8,10H,2-3,5,7H2,1H3,(H,15,18,21)(H,16,17,20)/t10-/m0/s1. The first kappa shape index (κ1) is 15.9. The fourth-order valence-corrected chi connectivity index (χ4v) is 3.66. The van der Waals surface area contributed by atoms with E-state index >= 15 is 0 Å². The van der Waals surface area contributed by atoms with E-state index in [1.807, 2.05) is 12.3 Å². The molecule has 0 saturated carbocycles. The SMILES string of the molecule is Cc1csc(NC(=O)[C@H]2CCCN(C(=O)Nc3nccs3)C2)n1. The van der Waals surface area contributed by atoms with Crippen LogP contribution in [0.3, 0.4) is 0 Å². The summed E-state index contributed by atoms with van der Waals surface area (Å²) in [6, 6.07) is -0.206. The van der Waals surface area contributed by atoms with Gasteiger partial charge in [-0.1, -0.05) is 0 Å². The molecule has 1 saturated heterocycles. The third-order valence-electron chi connectivity index (χ3n) is 3.57. The topological polar surface area (TPSA) is 87.2 Å². The second-order valence-corrected chi connectivity index (χ2v) is 7.09. The quantitative estimate of drug-likeness (QED) is 0.890. The first-order valence-electron chi connectivity index (χ1n) is 7.30. The Kier molecular flexibility index (Phi) is 4.87. The van der Waals surface area contributed by atoms with Gasteiger partial charge in [0.25, 0.3) is 0 Å². The lowest BCUT2D eigenvalue weighted by Crippen LogP contribution is -2.45. The molecule has 3 rings (SSSR count). The number of amides is 3. The average molecular weight is 351 g/mol. The van der Waals surface area contributed by atoms with Gasteiger partial charge in [-0.15, -0.1) is 22.7 Å². The van der Waals surface area contributed by atoms with Crippen molar-refractivity contribution >= 4 is 44.9 Å². The van der Waals surface area contributed by atoms with Crippen LogP contribution in [0.15, 0.2) is 17.0 Å². The van der Waals surface area contributed by atoms with Gasteiger partial charge in [0, 0.05) is 30.0 Å². The van der Waals surface area contributed by atoms with E-state index in [1.165, 1.54) is 22.7 Å². The maximum absolute atomic E-state index is 12.3. The highest BCUT2D eigenvalue weighted by Crippen LogP contribution is 2.21. The molecule has 122 valence electrons. The number of carbonyl (C=O) groups excluding carboxylic acids is 2. The Bertz CT molecular complexity index is 685. The normalized spacial score (nSPS) is 17.8. The van der Waals surface area contributed by atoms with E-state index in [0.29, 0.717) is 23.4 Å². The van der Waals surface area contributed by atoms with Crippen LogP contribution in [0.25, 0.3) is 0 Å². The van der Waals surface area contributed by atoms with Gasteiger partial charge in [0.15, 0.2) is 10.3 Å². The van der Waals surface area contributed by atoms with E-state index in [1.54, 1.807) is 16.5 Å². The minimum Gasteiger partial charge on any atom is -0.324 e. The van der Waals surface area contributed by atoms with E-state index < -0.39 is 0 Å². The predicted octanol–water partition coefficient (Wildman–Crippen LogP) is 2.79. The molecule has 0 aliphatic carbocycles.